The van der Waals surface area contributed by atoms with Crippen LogP contribution in [0.5, 0.6) is 0 Å². The minimum Gasteiger partial charge on any atom is -0.357 e. The summed E-state index contributed by atoms with van der Waals surface area (Å²) in [6.07, 6.45) is 2.87. The molecule has 1 aromatic heterocycles. The summed E-state index contributed by atoms with van der Waals surface area (Å²) in [5, 5.41) is 7.43. The van der Waals surface area contributed by atoms with Crippen molar-refractivity contribution >= 4 is 51.3 Å². The number of aryl methyl sites for hydroxylation is 1. The van der Waals surface area contributed by atoms with E-state index in [2.05, 4.69) is 27.5 Å². The van der Waals surface area contributed by atoms with Gasteiger partial charge >= 0.3 is 0 Å². The molecule has 28 heavy (non-hydrogen) atoms. The van der Waals surface area contributed by atoms with Gasteiger partial charge in [0.25, 0.3) is 0 Å². The van der Waals surface area contributed by atoms with Gasteiger partial charge in [0.15, 0.2) is 5.96 Å². The topological polar surface area (TPSA) is 86.7 Å². The Hall–Kier alpha value is -1.24. The zero-order chi connectivity index (χ0) is 19.9. The van der Waals surface area contributed by atoms with Gasteiger partial charge in [0.05, 0.1) is 18.0 Å². The fourth-order valence-corrected chi connectivity index (χ4v) is 4.25. The van der Waals surface area contributed by atoms with Gasteiger partial charge in [-0.2, -0.15) is 0 Å². The average Bonchev–Trinajstić information content (AvgIpc) is 3.12. The fourth-order valence-electron chi connectivity index (χ4n) is 2.34. The molecule has 156 valence electrons. The fraction of sp³-hybridized carbons (Fsp3) is 0.444. The second kappa shape index (κ2) is 11.7. The molecular weight excluding hydrogens is 509 g/mol. The number of aliphatic imine (C=N–C) groups is 1. The van der Waals surface area contributed by atoms with Crippen LogP contribution in [0, 0.1) is 0 Å². The van der Waals surface area contributed by atoms with Gasteiger partial charge in [0.1, 0.15) is 5.01 Å². The van der Waals surface area contributed by atoms with E-state index in [1.54, 1.807) is 29.5 Å². The Labute approximate surface area is 188 Å². The van der Waals surface area contributed by atoms with Crippen molar-refractivity contribution in [3.05, 3.63) is 45.9 Å². The molecule has 0 aliphatic heterocycles. The van der Waals surface area contributed by atoms with Crippen molar-refractivity contribution in [2.45, 2.75) is 38.3 Å². The van der Waals surface area contributed by atoms with Gasteiger partial charge in [-0.25, -0.2) is 22.7 Å². The summed E-state index contributed by atoms with van der Waals surface area (Å²) in [5.74, 6) is 0.628. The highest BCUT2D eigenvalue weighted by Crippen LogP contribution is 2.19. The Morgan fingerprint density at radius 1 is 1.21 bits per heavy atom. The number of halogens is 1. The zero-order valence-corrected chi connectivity index (χ0v) is 20.6. The van der Waals surface area contributed by atoms with E-state index < -0.39 is 10.0 Å². The number of aromatic nitrogens is 1. The zero-order valence-electron chi connectivity index (χ0n) is 16.6. The van der Waals surface area contributed by atoms with Crippen molar-refractivity contribution in [3.63, 3.8) is 0 Å². The van der Waals surface area contributed by atoms with Crippen LogP contribution in [0.2, 0.25) is 0 Å². The lowest BCUT2D eigenvalue weighted by molar-refractivity contribution is 0.519. The molecule has 0 amide bonds. The van der Waals surface area contributed by atoms with Crippen LogP contribution in [0.4, 0.5) is 0 Å². The average molecular weight is 537 g/mol. The number of sulfonamides is 1. The molecule has 1 aromatic carbocycles. The molecule has 0 atom stereocenters. The standard InChI is InChI=1S/C18H27N5O2S2.HI/c1-5-15-12-20-17(26-15)13-22-18(19-6-2)21-11-14-9-7-8-10-16(14)27(24,25)23(3)4;/h7-10,12H,5-6,11,13H2,1-4H3,(H2,19,21,22);1H. The maximum atomic E-state index is 12.5. The molecule has 2 aromatic rings. The molecule has 0 radical (unpaired) electrons. The summed E-state index contributed by atoms with van der Waals surface area (Å²) in [4.78, 5) is 10.5. The molecule has 0 saturated heterocycles. The molecule has 7 nitrogen and oxygen atoms in total. The third-order valence-electron chi connectivity index (χ3n) is 3.84. The Morgan fingerprint density at radius 2 is 1.93 bits per heavy atom. The van der Waals surface area contributed by atoms with E-state index in [9.17, 15) is 8.42 Å². The Morgan fingerprint density at radius 3 is 2.54 bits per heavy atom. The summed E-state index contributed by atoms with van der Waals surface area (Å²) < 4.78 is 26.2. The van der Waals surface area contributed by atoms with E-state index in [4.69, 9.17) is 0 Å². The van der Waals surface area contributed by atoms with Gasteiger partial charge in [0.2, 0.25) is 10.0 Å². The molecule has 0 aliphatic carbocycles. The van der Waals surface area contributed by atoms with Gasteiger partial charge in [0, 0.05) is 31.7 Å². The van der Waals surface area contributed by atoms with Gasteiger partial charge in [-0.15, -0.1) is 35.3 Å². The number of nitrogens with one attached hydrogen (secondary N) is 2. The number of nitrogens with zero attached hydrogens (tertiary/aromatic N) is 3. The molecule has 0 spiro atoms. The first-order chi connectivity index (χ1) is 12.9. The number of hydrogen-bond acceptors (Lipinski definition) is 5. The van der Waals surface area contributed by atoms with E-state index >= 15 is 0 Å². The van der Waals surface area contributed by atoms with Gasteiger partial charge in [-0.3, -0.25) is 0 Å². The second-order valence-electron chi connectivity index (χ2n) is 6.02. The molecule has 0 saturated carbocycles. The Bertz CT molecular complexity index is 882. The molecule has 0 unspecified atom stereocenters. The number of guanidine groups is 1. The SMILES string of the molecule is CCNC(=NCc1ccccc1S(=O)(=O)N(C)C)NCc1ncc(CC)s1.I. The third kappa shape index (κ3) is 6.68. The molecule has 2 rings (SSSR count). The molecule has 10 heteroatoms. The van der Waals surface area contributed by atoms with Crippen LogP contribution in [-0.2, 0) is 29.5 Å². The number of thiazole rings is 1. The molecule has 0 aliphatic rings. The van der Waals surface area contributed by atoms with Gasteiger partial charge in [-0.1, -0.05) is 25.1 Å². The molecule has 2 N–H and O–H groups in total. The normalized spacial score (nSPS) is 12.0. The first kappa shape index (κ1) is 24.8. The largest absolute Gasteiger partial charge is 0.357 e. The van der Waals surface area contributed by atoms with Crippen molar-refractivity contribution in [2.75, 3.05) is 20.6 Å². The minimum atomic E-state index is -3.51. The van der Waals surface area contributed by atoms with E-state index in [0.29, 0.717) is 24.6 Å². The Kier molecular flexibility index (Phi) is 10.4. The first-order valence-corrected chi connectivity index (χ1v) is 11.1. The highest BCUT2D eigenvalue weighted by molar-refractivity contribution is 14.0. The Balaban J connectivity index is 0.00000392. The van der Waals surface area contributed by atoms with E-state index in [1.165, 1.54) is 23.3 Å². The van der Waals surface area contributed by atoms with Gasteiger partial charge < -0.3 is 10.6 Å². The van der Waals surface area contributed by atoms with Crippen LogP contribution in [0.1, 0.15) is 29.3 Å². The lowest BCUT2D eigenvalue weighted by Crippen LogP contribution is -2.36. The predicted octanol–water partition coefficient (Wildman–Crippen LogP) is 2.83. The molecule has 0 bridgehead atoms. The summed E-state index contributed by atoms with van der Waals surface area (Å²) in [7, 11) is -0.454. The van der Waals surface area contributed by atoms with Crippen LogP contribution in [0.15, 0.2) is 40.4 Å². The number of rotatable bonds is 8. The maximum absolute atomic E-state index is 12.5. The lowest BCUT2D eigenvalue weighted by Gasteiger charge is -2.15. The van der Waals surface area contributed by atoms with Gasteiger partial charge in [-0.05, 0) is 25.0 Å². The summed E-state index contributed by atoms with van der Waals surface area (Å²) in [5.41, 5.74) is 0.658. The van der Waals surface area contributed by atoms with Crippen LogP contribution >= 0.6 is 35.3 Å². The van der Waals surface area contributed by atoms with E-state index in [0.717, 1.165) is 11.4 Å². The number of benzene rings is 1. The highest BCUT2D eigenvalue weighted by atomic mass is 127. The first-order valence-electron chi connectivity index (χ1n) is 8.84. The van der Waals surface area contributed by atoms with Crippen LogP contribution < -0.4 is 10.6 Å². The van der Waals surface area contributed by atoms with E-state index in [-0.39, 0.29) is 35.4 Å². The quantitative estimate of drug-likeness (QED) is 0.307. The molecular formula is C18H28IN5O2S2. The summed E-state index contributed by atoms with van der Waals surface area (Å²) in [6, 6.07) is 6.95. The molecule has 0 fully saturated rings. The smallest absolute Gasteiger partial charge is 0.242 e. The second-order valence-corrected chi connectivity index (χ2v) is 9.34. The molecule has 1 heterocycles. The maximum Gasteiger partial charge on any atom is 0.242 e. The van der Waals surface area contributed by atoms with E-state index in [1.807, 2.05) is 19.2 Å². The van der Waals surface area contributed by atoms with Crippen molar-refractivity contribution in [2.24, 2.45) is 4.99 Å². The van der Waals surface area contributed by atoms with Crippen LogP contribution in [0.3, 0.4) is 0 Å². The van der Waals surface area contributed by atoms with Crippen molar-refractivity contribution in [1.82, 2.24) is 19.9 Å². The summed E-state index contributed by atoms with van der Waals surface area (Å²) in [6.45, 7) is 5.64. The predicted molar refractivity (Wildman–Crippen MR) is 126 cm³/mol. The monoisotopic (exact) mass is 537 g/mol. The highest BCUT2D eigenvalue weighted by Gasteiger charge is 2.20. The summed E-state index contributed by atoms with van der Waals surface area (Å²) >= 11 is 1.68. The van der Waals surface area contributed by atoms with Crippen molar-refractivity contribution in [1.29, 1.82) is 0 Å². The van der Waals surface area contributed by atoms with Crippen molar-refractivity contribution < 1.29 is 8.42 Å². The third-order valence-corrected chi connectivity index (χ3v) is 6.90. The van der Waals surface area contributed by atoms with Crippen molar-refractivity contribution in [3.8, 4) is 0 Å². The number of hydrogen-bond donors (Lipinski definition) is 2. The lowest BCUT2D eigenvalue weighted by atomic mass is 10.2. The van der Waals surface area contributed by atoms with Crippen LogP contribution in [-0.4, -0.2) is 44.3 Å². The minimum absolute atomic E-state index is 0. The van der Waals surface area contributed by atoms with Crippen LogP contribution in [0.25, 0.3) is 0 Å².